The lowest BCUT2D eigenvalue weighted by Gasteiger charge is -2.59. The number of rotatable bonds is 5. The first-order valence-electron chi connectivity index (χ1n) is 9.37. The number of anilines is 3. The molecule has 27 heavy (non-hydrogen) atoms. The van der Waals surface area contributed by atoms with E-state index in [0.717, 1.165) is 24.5 Å². The van der Waals surface area contributed by atoms with Crippen LogP contribution in [0, 0.1) is 5.41 Å². The van der Waals surface area contributed by atoms with E-state index in [1.807, 2.05) is 19.2 Å². The summed E-state index contributed by atoms with van der Waals surface area (Å²) in [5.41, 5.74) is 1.35. The number of H-pyrrole nitrogens is 1. The molecule has 9 heteroatoms. The van der Waals surface area contributed by atoms with Crippen LogP contribution in [-0.2, 0) is 0 Å². The molecular weight excluding hydrogens is 346 g/mol. The predicted octanol–water partition coefficient (Wildman–Crippen LogP) is 2.40. The van der Waals surface area contributed by atoms with Gasteiger partial charge in [0.25, 0.3) is 0 Å². The SMILES string of the molecule is CN(c1nccc(Nc2cc(C3CC3)[nH]n2)n1)C1CC2(C1)CN(C(=O)O)C2. The van der Waals surface area contributed by atoms with Gasteiger partial charge in [-0.15, -0.1) is 0 Å². The number of carbonyl (C=O) groups is 1. The average molecular weight is 369 g/mol. The minimum Gasteiger partial charge on any atom is -0.465 e. The Hall–Kier alpha value is -2.84. The van der Waals surface area contributed by atoms with Gasteiger partial charge in [-0.3, -0.25) is 5.10 Å². The third-order valence-corrected chi connectivity index (χ3v) is 6.04. The molecule has 0 atom stereocenters. The van der Waals surface area contributed by atoms with E-state index in [2.05, 4.69) is 30.4 Å². The Bertz CT molecular complexity index is 864. The first-order chi connectivity index (χ1) is 13.0. The minimum absolute atomic E-state index is 0.168. The molecule has 2 saturated carbocycles. The molecule has 3 N–H and O–H groups in total. The van der Waals surface area contributed by atoms with Crippen molar-refractivity contribution in [2.75, 3.05) is 30.4 Å². The van der Waals surface area contributed by atoms with E-state index in [0.29, 0.717) is 31.0 Å². The van der Waals surface area contributed by atoms with Gasteiger partial charge in [-0.1, -0.05) is 0 Å². The fourth-order valence-electron chi connectivity index (χ4n) is 4.26. The highest BCUT2D eigenvalue weighted by Gasteiger charge is 2.55. The van der Waals surface area contributed by atoms with Crippen molar-refractivity contribution in [3.8, 4) is 0 Å². The van der Waals surface area contributed by atoms with E-state index >= 15 is 0 Å². The van der Waals surface area contributed by atoms with Crippen molar-refractivity contribution < 1.29 is 9.90 Å². The van der Waals surface area contributed by atoms with Gasteiger partial charge in [-0.25, -0.2) is 9.78 Å². The lowest BCUT2D eigenvalue weighted by molar-refractivity contribution is -0.0571. The Morgan fingerprint density at radius 1 is 1.37 bits per heavy atom. The van der Waals surface area contributed by atoms with Crippen molar-refractivity contribution in [1.82, 2.24) is 25.1 Å². The van der Waals surface area contributed by atoms with Gasteiger partial charge in [0.1, 0.15) is 5.82 Å². The van der Waals surface area contributed by atoms with Crippen molar-refractivity contribution >= 4 is 23.7 Å². The molecule has 142 valence electrons. The highest BCUT2D eigenvalue weighted by Crippen LogP contribution is 2.50. The second kappa shape index (κ2) is 5.83. The number of carboxylic acid groups (broad SMARTS) is 1. The highest BCUT2D eigenvalue weighted by atomic mass is 16.4. The largest absolute Gasteiger partial charge is 0.465 e. The first kappa shape index (κ1) is 16.3. The molecule has 0 unspecified atom stereocenters. The maximum absolute atomic E-state index is 11.0. The van der Waals surface area contributed by atoms with Crippen LogP contribution in [0.3, 0.4) is 0 Å². The third-order valence-electron chi connectivity index (χ3n) is 6.04. The van der Waals surface area contributed by atoms with Gasteiger partial charge in [0.05, 0.1) is 0 Å². The summed E-state index contributed by atoms with van der Waals surface area (Å²) >= 11 is 0. The van der Waals surface area contributed by atoms with E-state index in [1.54, 1.807) is 6.20 Å². The molecule has 3 fully saturated rings. The summed E-state index contributed by atoms with van der Waals surface area (Å²) in [7, 11) is 2.00. The van der Waals surface area contributed by atoms with Crippen LogP contribution in [0.5, 0.6) is 0 Å². The van der Waals surface area contributed by atoms with Crippen molar-refractivity contribution in [2.45, 2.75) is 37.6 Å². The summed E-state index contributed by atoms with van der Waals surface area (Å²) in [4.78, 5) is 23.6. The molecule has 1 spiro atoms. The normalized spacial score (nSPS) is 20.9. The number of nitrogens with one attached hydrogen (secondary N) is 2. The summed E-state index contributed by atoms with van der Waals surface area (Å²) in [5, 5.41) is 19.6. The fraction of sp³-hybridized carbons (Fsp3) is 0.556. The van der Waals surface area contributed by atoms with E-state index in [1.165, 1.54) is 23.4 Å². The van der Waals surface area contributed by atoms with E-state index in [-0.39, 0.29) is 5.41 Å². The molecule has 0 radical (unpaired) electrons. The molecule has 0 bridgehead atoms. The zero-order valence-corrected chi connectivity index (χ0v) is 15.2. The average Bonchev–Trinajstić information content (AvgIpc) is 3.32. The number of hydrogen-bond acceptors (Lipinski definition) is 6. The number of likely N-dealkylation sites (tertiary alicyclic amines) is 1. The lowest BCUT2D eigenvalue weighted by atomic mass is 9.60. The van der Waals surface area contributed by atoms with Gasteiger partial charge in [-0.05, 0) is 31.7 Å². The van der Waals surface area contributed by atoms with Crippen LogP contribution in [0.25, 0.3) is 0 Å². The van der Waals surface area contributed by atoms with Gasteiger partial charge in [0, 0.05) is 55.5 Å². The summed E-state index contributed by atoms with van der Waals surface area (Å²) in [6, 6.07) is 4.23. The van der Waals surface area contributed by atoms with Crippen LogP contribution in [0.1, 0.15) is 37.3 Å². The fourth-order valence-corrected chi connectivity index (χ4v) is 4.26. The number of amides is 1. The van der Waals surface area contributed by atoms with Crippen molar-refractivity contribution in [3.63, 3.8) is 0 Å². The molecule has 2 aromatic rings. The van der Waals surface area contributed by atoms with Crippen LogP contribution in [0.4, 0.5) is 22.4 Å². The molecule has 3 aliphatic rings. The Labute approximate surface area is 156 Å². The van der Waals surface area contributed by atoms with Crippen LogP contribution >= 0.6 is 0 Å². The Morgan fingerprint density at radius 2 is 2.15 bits per heavy atom. The maximum Gasteiger partial charge on any atom is 0.407 e. The Morgan fingerprint density at radius 3 is 2.85 bits per heavy atom. The van der Waals surface area contributed by atoms with Crippen molar-refractivity contribution in [2.24, 2.45) is 5.41 Å². The summed E-state index contributed by atoms with van der Waals surface area (Å²) in [5.74, 6) is 2.80. The second-order valence-electron chi connectivity index (χ2n) is 8.16. The van der Waals surface area contributed by atoms with Gasteiger partial charge >= 0.3 is 6.09 Å². The maximum atomic E-state index is 11.0. The smallest absolute Gasteiger partial charge is 0.407 e. The molecule has 5 rings (SSSR count). The molecule has 9 nitrogen and oxygen atoms in total. The number of nitrogens with zero attached hydrogens (tertiary/aromatic N) is 5. The zero-order chi connectivity index (χ0) is 18.6. The lowest BCUT2D eigenvalue weighted by Crippen LogP contribution is -2.67. The zero-order valence-electron chi connectivity index (χ0n) is 15.2. The predicted molar refractivity (Wildman–Crippen MR) is 99.3 cm³/mol. The van der Waals surface area contributed by atoms with Crippen LogP contribution in [0.15, 0.2) is 18.3 Å². The molecule has 2 aliphatic carbocycles. The van der Waals surface area contributed by atoms with Gasteiger partial charge in [0.15, 0.2) is 5.82 Å². The highest BCUT2D eigenvalue weighted by molar-refractivity contribution is 5.66. The molecule has 1 aliphatic heterocycles. The van der Waals surface area contributed by atoms with Crippen molar-refractivity contribution in [1.29, 1.82) is 0 Å². The number of aromatic nitrogens is 4. The van der Waals surface area contributed by atoms with Gasteiger partial charge in [0.2, 0.25) is 5.95 Å². The summed E-state index contributed by atoms with van der Waals surface area (Å²) < 4.78 is 0. The number of aromatic amines is 1. The first-order valence-corrected chi connectivity index (χ1v) is 9.37. The van der Waals surface area contributed by atoms with Crippen LogP contribution in [0.2, 0.25) is 0 Å². The number of hydrogen-bond donors (Lipinski definition) is 3. The van der Waals surface area contributed by atoms with Crippen molar-refractivity contribution in [3.05, 3.63) is 24.0 Å². The third kappa shape index (κ3) is 2.96. The molecular formula is C18H23N7O2. The van der Waals surface area contributed by atoms with E-state index in [4.69, 9.17) is 5.11 Å². The van der Waals surface area contributed by atoms with Crippen LogP contribution < -0.4 is 10.2 Å². The van der Waals surface area contributed by atoms with E-state index < -0.39 is 6.09 Å². The quantitative estimate of drug-likeness (QED) is 0.742. The topological polar surface area (TPSA) is 110 Å². The molecule has 2 aromatic heterocycles. The van der Waals surface area contributed by atoms with E-state index in [9.17, 15) is 4.79 Å². The molecule has 3 heterocycles. The monoisotopic (exact) mass is 369 g/mol. The molecule has 0 aromatic carbocycles. The molecule has 1 saturated heterocycles. The standard InChI is InChI=1S/C18H23N7O2/c1-24(12-7-18(8-12)9-25(10-18)17(26)27)16-19-5-4-14(21-16)20-15-6-13(22-23-15)11-2-3-11/h4-6,11-12H,2-3,7-10H2,1H3,(H,26,27)(H2,19,20,21,22,23). The Balaban J connectivity index is 1.21. The molecule has 1 amide bonds. The second-order valence-corrected chi connectivity index (χ2v) is 8.16. The summed E-state index contributed by atoms with van der Waals surface area (Å²) in [6.45, 7) is 1.30. The minimum atomic E-state index is -0.817. The summed E-state index contributed by atoms with van der Waals surface area (Å²) in [6.07, 6.45) is 5.37. The van der Waals surface area contributed by atoms with Gasteiger partial charge < -0.3 is 20.2 Å². The van der Waals surface area contributed by atoms with Gasteiger partial charge in [-0.2, -0.15) is 10.1 Å². The Kier molecular flexibility index (Phi) is 3.53. The van der Waals surface area contributed by atoms with Crippen LogP contribution in [-0.4, -0.2) is 62.4 Å².